The fourth-order valence-corrected chi connectivity index (χ4v) is 1.53. The van der Waals surface area contributed by atoms with Crippen LogP contribution in [0.2, 0.25) is 0 Å². The largest absolute Gasteiger partial charge is 0.390 e. The van der Waals surface area contributed by atoms with Gasteiger partial charge in [0, 0.05) is 0 Å². The molecule has 66 valence electrons. The second-order valence-corrected chi connectivity index (χ2v) is 3.54. The van der Waals surface area contributed by atoms with Gasteiger partial charge in [-0.1, -0.05) is 35.9 Å². The molecule has 0 aromatic carbocycles. The molecular weight excluding hydrogens is 255 g/mol. The van der Waals surface area contributed by atoms with E-state index < -0.39 is 11.7 Å². The quantitative estimate of drug-likeness (QED) is 0.765. The normalized spacial score (nSPS) is 20.1. The highest BCUT2D eigenvalue weighted by molar-refractivity contribution is 14.1. The molecule has 2 N–H and O–H groups in total. The summed E-state index contributed by atoms with van der Waals surface area (Å²) in [6, 6.07) is 0. The lowest BCUT2D eigenvalue weighted by molar-refractivity contribution is -0.0300. The molecule has 0 aromatic heterocycles. The average molecular weight is 270 g/mol. The predicted molar refractivity (Wildman–Crippen MR) is 54.7 cm³/mol. The highest BCUT2D eigenvalue weighted by Gasteiger charge is 2.25. The van der Waals surface area contributed by atoms with Gasteiger partial charge in [0.05, 0.1) is 6.10 Å². The first kappa shape index (κ1) is 11.4. The number of aliphatic hydroxyl groups excluding tert-OH is 1. The van der Waals surface area contributed by atoms with Crippen LogP contribution in [0.1, 0.15) is 26.7 Å². The van der Waals surface area contributed by atoms with Gasteiger partial charge in [0.15, 0.2) is 0 Å². The van der Waals surface area contributed by atoms with Crippen molar-refractivity contribution in [1.82, 2.24) is 0 Å². The van der Waals surface area contributed by atoms with Gasteiger partial charge in [-0.05, 0) is 23.5 Å². The van der Waals surface area contributed by atoms with Crippen LogP contribution in [0.5, 0.6) is 0 Å². The summed E-state index contributed by atoms with van der Waals surface area (Å²) in [6.07, 6.45) is 2.47. The molecule has 0 radical (unpaired) electrons. The maximum atomic E-state index is 9.57. The fraction of sp³-hybridized carbons (Fsp3) is 0.750. The third-order valence-corrected chi connectivity index (χ3v) is 2.00. The molecule has 0 heterocycles. The zero-order valence-electron chi connectivity index (χ0n) is 6.92. The molecule has 0 amide bonds. The monoisotopic (exact) mass is 270 g/mol. The first-order valence-corrected chi connectivity index (χ1v) is 4.97. The first-order chi connectivity index (χ1) is 5.04. The lowest BCUT2D eigenvalue weighted by Crippen LogP contribution is -2.36. The maximum absolute atomic E-state index is 9.57. The Morgan fingerprint density at radius 3 is 2.55 bits per heavy atom. The topological polar surface area (TPSA) is 40.5 Å². The first-order valence-electron chi connectivity index (χ1n) is 3.73. The van der Waals surface area contributed by atoms with Gasteiger partial charge in [-0.15, -0.1) is 0 Å². The minimum Gasteiger partial charge on any atom is -0.390 e. The summed E-state index contributed by atoms with van der Waals surface area (Å²) in [5.41, 5.74) is -1.07. The van der Waals surface area contributed by atoms with Crippen LogP contribution in [0.15, 0.2) is 10.2 Å². The molecule has 2 atom stereocenters. The second kappa shape index (κ2) is 5.11. The minimum absolute atomic E-state index is 0.633. The van der Waals surface area contributed by atoms with Crippen LogP contribution in [-0.4, -0.2) is 21.9 Å². The molecule has 0 fully saturated rings. The lowest BCUT2D eigenvalue weighted by Gasteiger charge is -2.24. The van der Waals surface area contributed by atoms with Crippen molar-refractivity contribution in [1.29, 1.82) is 0 Å². The molecule has 0 aliphatic rings. The van der Waals surface area contributed by atoms with Crippen LogP contribution in [0, 0.1) is 0 Å². The molecule has 0 spiro atoms. The van der Waals surface area contributed by atoms with Crippen LogP contribution in [0.25, 0.3) is 0 Å². The predicted octanol–water partition coefficient (Wildman–Crippen LogP) is 1.85. The molecule has 11 heavy (non-hydrogen) atoms. The Labute approximate surface area is 81.5 Å². The Kier molecular flexibility index (Phi) is 5.29. The summed E-state index contributed by atoms with van der Waals surface area (Å²) in [5, 5.41) is 19.0. The number of halogens is 1. The van der Waals surface area contributed by atoms with Crippen LogP contribution in [-0.2, 0) is 0 Å². The molecule has 0 rings (SSSR count). The molecule has 0 aliphatic carbocycles. The fourth-order valence-electron chi connectivity index (χ4n) is 0.804. The van der Waals surface area contributed by atoms with E-state index in [1.165, 1.54) is 0 Å². The molecular formula is C8H15IO2. The summed E-state index contributed by atoms with van der Waals surface area (Å²) in [4.78, 5) is 0. The van der Waals surface area contributed by atoms with Gasteiger partial charge < -0.3 is 10.2 Å². The van der Waals surface area contributed by atoms with Gasteiger partial charge in [-0.3, -0.25) is 0 Å². The molecule has 0 saturated heterocycles. The third-order valence-electron chi connectivity index (χ3n) is 1.64. The summed E-state index contributed by atoms with van der Waals surface area (Å²) in [5.74, 6) is 0. The van der Waals surface area contributed by atoms with Gasteiger partial charge in [-0.2, -0.15) is 0 Å². The molecule has 0 aromatic rings. The standard InChI is InChI=1S/C8H15IO2/c1-3-4-7(10)8(2,11)5-6-9/h5-7,10-11H,3-4H2,1-2H3. The second-order valence-electron chi connectivity index (χ2n) is 2.82. The van der Waals surface area contributed by atoms with Gasteiger partial charge in [0.1, 0.15) is 5.60 Å². The van der Waals surface area contributed by atoms with E-state index in [1.54, 1.807) is 17.1 Å². The van der Waals surface area contributed by atoms with Crippen molar-refractivity contribution < 1.29 is 10.2 Å². The van der Waals surface area contributed by atoms with Crippen molar-refractivity contribution in [2.24, 2.45) is 0 Å². The van der Waals surface area contributed by atoms with Crippen LogP contribution < -0.4 is 0 Å². The van der Waals surface area contributed by atoms with Crippen molar-refractivity contribution >= 4 is 22.6 Å². The highest BCUT2D eigenvalue weighted by Crippen LogP contribution is 2.16. The molecule has 3 heteroatoms. The Morgan fingerprint density at radius 1 is 1.64 bits per heavy atom. The van der Waals surface area contributed by atoms with Crippen molar-refractivity contribution in [2.45, 2.75) is 38.4 Å². The van der Waals surface area contributed by atoms with E-state index in [-0.39, 0.29) is 0 Å². The van der Waals surface area contributed by atoms with Crippen molar-refractivity contribution in [3.8, 4) is 0 Å². The molecule has 0 aliphatic heterocycles. The molecule has 2 nitrogen and oxygen atoms in total. The van der Waals surface area contributed by atoms with E-state index >= 15 is 0 Å². The van der Waals surface area contributed by atoms with Gasteiger partial charge >= 0.3 is 0 Å². The minimum atomic E-state index is -1.07. The van der Waals surface area contributed by atoms with E-state index in [1.807, 2.05) is 29.5 Å². The van der Waals surface area contributed by atoms with E-state index in [2.05, 4.69) is 0 Å². The number of rotatable bonds is 4. The van der Waals surface area contributed by atoms with E-state index in [0.717, 1.165) is 6.42 Å². The van der Waals surface area contributed by atoms with Crippen molar-refractivity contribution in [2.75, 3.05) is 0 Å². The number of hydrogen-bond acceptors (Lipinski definition) is 2. The zero-order valence-corrected chi connectivity index (χ0v) is 9.08. The average Bonchev–Trinajstić information content (AvgIpc) is 1.88. The summed E-state index contributed by atoms with van der Waals surface area (Å²) in [6.45, 7) is 3.59. The van der Waals surface area contributed by atoms with Crippen molar-refractivity contribution in [3.63, 3.8) is 0 Å². The third kappa shape index (κ3) is 4.08. The number of aliphatic hydroxyl groups is 2. The maximum Gasteiger partial charge on any atom is 0.106 e. The molecule has 0 saturated carbocycles. The smallest absolute Gasteiger partial charge is 0.106 e. The zero-order chi connectivity index (χ0) is 8.91. The van der Waals surface area contributed by atoms with Gasteiger partial charge in [0.25, 0.3) is 0 Å². The van der Waals surface area contributed by atoms with E-state index in [4.69, 9.17) is 0 Å². The van der Waals surface area contributed by atoms with Gasteiger partial charge in [-0.25, -0.2) is 0 Å². The highest BCUT2D eigenvalue weighted by atomic mass is 127. The number of hydrogen-bond donors (Lipinski definition) is 2. The Balaban J connectivity index is 4.05. The Bertz CT molecular complexity index is 132. The van der Waals surface area contributed by atoms with Gasteiger partial charge in [0.2, 0.25) is 0 Å². The summed E-state index contributed by atoms with van der Waals surface area (Å²) in [7, 11) is 0. The van der Waals surface area contributed by atoms with E-state index in [0.29, 0.717) is 6.42 Å². The van der Waals surface area contributed by atoms with Crippen LogP contribution in [0.3, 0.4) is 0 Å². The SMILES string of the molecule is CCCC(O)C(C)(O)C=CI. The molecule has 2 unspecified atom stereocenters. The summed E-state index contributed by atoms with van der Waals surface area (Å²) < 4.78 is 1.72. The van der Waals surface area contributed by atoms with Crippen LogP contribution in [0.4, 0.5) is 0 Å². The van der Waals surface area contributed by atoms with E-state index in [9.17, 15) is 10.2 Å². The lowest BCUT2D eigenvalue weighted by atomic mass is 9.96. The Morgan fingerprint density at radius 2 is 2.18 bits per heavy atom. The molecule has 0 bridgehead atoms. The van der Waals surface area contributed by atoms with Crippen molar-refractivity contribution in [3.05, 3.63) is 10.2 Å². The Hall–Kier alpha value is 0.390. The van der Waals surface area contributed by atoms with Crippen LogP contribution >= 0.6 is 22.6 Å². The summed E-state index contributed by atoms with van der Waals surface area (Å²) >= 11 is 2.02.